The van der Waals surface area contributed by atoms with Crippen LogP contribution in [0.5, 0.6) is 0 Å². The van der Waals surface area contributed by atoms with Crippen molar-refractivity contribution in [3.63, 3.8) is 0 Å². The van der Waals surface area contributed by atoms with Crippen molar-refractivity contribution < 1.29 is 23.9 Å². The third-order valence-electron chi connectivity index (χ3n) is 6.09. The fraction of sp³-hybridized carbons (Fsp3) is 0.850. The molecule has 1 aliphatic carbocycles. The van der Waals surface area contributed by atoms with E-state index in [1.807, 2.05) is 37.5 Å². The number of esters is 1. The minimum absolute atomic E-state index is 0.0489. The molecule has 0 radical (unpaired) electrons. The SMILES string of the molecule is COC(=O)C1CCC(N2CC3(C)CN(C(=O)OC(C)(C)C)CCN3C2=O)CC1. The Bertz CT molecular complexity index is 638. The van der Waals surface area contributed by atoms with Crippen LogP contribution in [-0.4, -0.2) is 83.3 Å². The molecule has 3 rings (SSSR count). The second kappa shape index (κ2) is 7.44. The number of hydrogen-bond donors (Lipinski definition) is 0. The molecule has 3 amide bonds. The van der Waals surface area contributed by atoms with Gasteiger partial charge in [-0.3, -0.25) is 4.79 Å². The Hall–Kier alpha value is -1.99. The molecule has 0 N–H and O–H groups in total. The monoisotopic (exact) mass is 395 g/mol. The van der Waals surface area contributed by atoms with Crippen LogP contribution in [0.15, 0.2) is 0 Å². The number of urea groups is 1. The molecule has 1 saturated carbocycles. The van der Waals surface area contributed by atoms with Crippen LogP contribution in [0.4, 0.5) is 9.59 Å². The number of carbonyl (C=O) groups is 3. The molecular weight excluding hydrogens is 362 g/mol. The number of hydrogen-bond acceptors (Lipinski definition) is 5. The summed E-state index contributed by atoms with van der Waals surface area (Å²) in [6.45, 7) is 9.68. The molecule has 0 aromatic heterocycles. The maximum atomic E-state index is 13.0. The van der Waals surface area contributed by atoms with Crippen LogP contribution in [0.3, 0.4) is 0 Å². The molecule has 3 fully saturated rings. The number of piperazine rings is 1. The second-order valence-corrected chi connectivity index (χ2v) is 9.49. The fourth-order valence-electron chi connectivity index (χ4n) is 4.68. The first-order valence-corrected chi connectivity index (χ1v) is 10.2. The minimum atomic E-state index is -0.537. The summed E-state index contributed by atoms with van der Waals surface area (Å²) in [5.74, 6) is -0.205. The van der Waals surface area contributed by atoms with Crippen LogP contribution in [0.2, 0.25) is 0 Å². The zero-order chi connectivity index (χ0) is 20.7. The molecular formula is C20H33N3O5. The zero-order valence-corrected chi connectivity index (χ0v) is 17.7. The van der Waals surface area contributed by atoms with E-state index < -0.39 is 11.1 Å². The molecule has 158 valence electrons. The van der Waals surface area contributed by atoms with Gasteiger partial charge in [-0.25, -0.2) is 9.59 Å². The van der Waals surface area contributed by atoms with Crippen molar-refractivity contribution in [1.82, 2.24) is 14.7 Å². The van der Waals surface area contributed by atoms with E-state index in [1.54, 1.807) is 4.90 Å². The first-order chi connectivity index (χ1) is 13.0. The van der Waals surface area contributed by atoms with Crippen LogP contribution >= 0.6 is 0 Å². The molecule has 0 bridgehead atoms. The quantitative estimate of drug-likeness (QED) is 0.671. The number of nitrogens with zero attached hydrogens (tertiary/aromatic N) is 3. The van der Waals surface area contributed by atoms with Gasteiger partial charge in [-0.1, -0.05) is 0 Å². The van der Waals surface area contributed by atoms with E-state index in [0.29, 0.717) is 26.2 Å². The van der Waals surface area contributed by atoms with Gasteiger partial charge in [0.25, 0.3) is 0 Å². The molecule has 0 spiro atoms. The normalized spacial score (nSPS) is 30.9. The Morgan fingerprint density at radius 1 is 1.07 bits per heavy atom. The third kappa shape index (κ3) is 4.05. The summed E-state index contributed by atoms with van der Waals surface area (Å²) in [7, 11) is 1.42. The highest BCUT2D eigenvalue weighted by molar-refractivity contribution is 5.80. The van der Waals surface area contributed by atoms with Gasteiger partial charge in [0.15, 0.2) is 0 Å². The number of methoxy groups -OCH3 is 1. The van der Waals surface area contributed by atoms with E-state index in [4.69, 9.17) is 9.47 Å². The van der Waals surface area contributed by atoms with E-state index in [-0.39, 0.29) is 30.1 Å². The summed E-state index contributed by atoms with van der Waals surface area (Å²) in [5.41, 5.74) is -0.948. The third-order valence-corrected chi connectivity index (χ3v) is 6.09. The fourth-order valence-corrected chi connectivity index (χ4v) is 4.68. The summed E-state index contributed by atoms with van der Waals surface area (Å²) in [6.07, 6.45) is 2.80. The standard InChI is InChI=1S/C20H33N3O5/c1-19(2,3)28-18(26)21-10-11-23-17(25)22(13-20(23,4)12-21)15-8-6-14(7-9-15)16(24)27-5/h14-15H,6-13H2,1-5H3. The van der Waals surface area contributed by atoms with E-state index in [2.05, 4.69) is 0 Å². The maximum absolute atomic E-state index is 13.0. The first kappa shape index (κ1) is 20.7. The molecule has 2 aliphatic heterocycles. The van der Waals surface area contributed by atoms with Gasteiger partial charge in [0.05, 0.1) is 18.6 Å². The van der Waals surface area contributed by atoms with Gasteiger partial charge in [-0.2, -0.15) is 0 Å². The number of ether oxygens (including phenoxy) is 2. The lowest BCUT2D eigenvalue weighted by molar-refractivity contribution is -0.146. The Labute approximate surface area is 167 Å². The molecule has 2 saturated heterocycles. The summed E-state index contributed by atoms with van der Waals surface area (Å²) < 4.78 is 10.4. The average molecular weight is 396 g/mol. The van der Waals surface area contributed by atoms with E-state index in [0.717, 1.165) is 25.7 Å². The van der Waals surface area contributed by atoms with Crippen LogP contribution in [-0.2, 0) is 14.3 Å². The average Bonchev–Trinajstić information content (AvgIpc) is 2.90. The van der Waals surface area contributed by atoms with Crippen molar-refractivity contribution in [1.29, 1.82) is 0 Å². The summed E-state index contributed by atoms with van der Waals surface area (Å²) in [5, 5.41) is 0. The van der Waals surface area contributed by atoms with Crippen LogP contribution in [0, 0.1) is 5.92 Å². The smallest absolute Gasteiger partial charge is 0.410 e. The van der Waals surface area contributed by atoms with Crippen molar-refractivity contribution in [2.75, 3.05) is 33.3 Å². The van der Waals surface area contributed by atoms with Crippen molar-refractivity contribution in [2.45, 2.75) is 70.6 Å². The Morgan fingerprint density at radius 2 is 1.71 bits per heavy atom. The molecule has 8 nitrogen and oxygen atoms in total. The maximum Gasteiger partial charge on any atom is 0.410 e. The molecule has 1 unspecified atom stereocenters. The molecule has 2 heterocycles. The van der Waals surface area contributed by atoms with Gasteiger partial charge in [0.2, 0.25) is 0 Å². The van der Waals surface area contributed by atoms with Gasteiger partial charge >= 0.3 is 18.1 Å². The lowest BCUT2D eigenvalue weighted by Crippen LogP contribution is -2.61. The molecule has 0 aromatic rings. The minimum Gasteiger partial charge on any atom is -0.469 e. The van der Waals surface area contributed by atoms with Gasteiger partial charge in [-0.05, 0) is 53.4 Å². The number of fused-ring (bicyclic) bond motifs is 1. The molecule has 3 aliphatic rings. The number of rotatable bonds is 2. The van der Waals surface area contributed by atoms with Crippen LogP contribution in [0.1, 0.15) is 53.4 Å². The first-order valence-electron chi connectivity index (χ1n) is 10.2. The Balaban J connectivity index is 1.63. The predicted molar refractivity (Wildman–Crippen MR) is 103 cm³/mol. The second-order valence-electron chi connectivity index (χ2n) is 9.49. The highest BCUT2D eigenvalue weighted by atomic mass is 16.6. The lowest BCUT2D eigenvalue weighted by atomic mass is 9.85. The zero-order valence-electron chi connectivity index (χ0n) is 17.7. The summed E-state index contributed by atoms with van der Waals surface area (Å²) >= 11 is 0. The van der Waals surface area contributed by atoms with Gasteiger partial charge < -0.3 is 24.2 Å². The summed E-state index contributed by atoms with van der Waals surface area (Å²) in [6, 6.07) is 0.193. The van der Waals surface area contributed by atoms with Gasteiger partial charge in [-0.15, -0.1) is 0 Å². The van der Waals surface area contributed by atoms with Crippen molar-refractivity contribution in [3.8, 4) is 0 Å². The van der Waals surface area contributed by atoms with Gasteiger partial charge in [0, 0.05) is 32.2 Å². The van der Waals surface area contributed by atoms with E-state index >= 15 is 0 Å². The number of carbonyl (C=O) groups excluding carboxylic acids is 3. The van der Waals surface area contributed by atoms with E-state index in [9.17, 15) is 14.4 Å². The Morgan fingerprint density at radius 3 is 2.29 bits per heavy atom. The van der Waals surface area contributed by atoms with Crippen LogP contribution < -0.4 is 0 Å². The topological polar surface area (TPSA) is 79.4 Å². The van der Waals surface area contributed by atoms with Gasteiger partial charge in [0.1, 0.15) is 5.60 Å². The molecule has 8 heteroatoms. The lowest BCUT2D eigenvalue weighted by Gasteiger charge is -2.43. The highest BCUT2D eigenvalue weighted by Crippen LogP contribution is 2.36. The number of amides is 3. The Kier molecular flexibility index (Phi) is 5.51. The molecule has 1 atom stereocenters. The van der Waals surface area contributed by atoms with Crippen molar-refractivity contribution in [2.24, 2.45) is 5.92 Å². The highest BCUT2D eigenvalue weighted by Gasteiger charge is 2.52. The van der Waals surface area contributed by atoms with E-state index in [1.165, 1.54) is 7.11 Å². The largest absolute Gasteiger partial charge is 0.469 e. The molecule has 0 aromatic carbocycles. The summed E-state index contributed by atoms with van der Waals surface area (Å²) in [4.78, 5) is 42.8. The molecule has 28 heavy (non-hydrogen) atoms. The predicted octanol–water partition coefficient (Wildman–Crippen LogP) is 2.47. The van der Waals surface area contributed by atoms with Crippen molar-refractivity contribution >= 4 is 18.1 Å². The van der Waals surface area contributed by atoms with Crippen LogP contribution in [0.25, 0.3) is 0 Å². The van der Waals surface area contributed by atoms with Crippen molar-refractivity contribution in [3.05, 3.63) is 0 Å².